The molecule has 0 aliphatic carbocycles. The first-order valence-corrected chi connectivity index (χ1v) is 13.0. The van der Waals surface area contributed by atoms with E-state index in [4.69, 9.17) is 16.3 Å². The molecule has 12 heteroatoms. The van der Waals surface area contributed by atoms with E-state index in [1.54, 1.807) is 45.0 Å². The molecule has 0 saturated carbocycles. The van der Waals surface area contributed by atoms with E-state index in [1.807, 2.05) is 0 Å². The summed E-state index contributed by atoms with van der Waals surface area (Å²) >= 11 is 7.03. The van der Waals surface area contributed by atoms with Crippen molar-refractivity contribution in [2.24, 2.45) is 5.92 Å². The van der Waals surface area contributed by atoms with Gasteiger partial charge in [0.2, 0.25) is 0 Å². The minimum atomic E-state index is -4.62. The third-order valence-corrected chi connectivity index (χ3v) is 6.99. The molecule has 0 radical (unpaired) electrons. The number of thioether (sulfide) groups is 1. The van der Waals surface area contributed by atoms with Gasteiger partial charge in [-0.2, -0.15) is 13.2 Å². The minimum absolute atomic E-state index is 0.0278. The number of hydrogen-bond acceptors (Lipinski definition) is 5. The molecule has 2 amide bonds. The molecule has 0 fully saturated rings. The van der Waals surface area contributed by atoms with Gasteiger partial charge in [0.1, 0.15) is 17.5 Å². The summed E-state index contributed by atoms with van der Waals surface area (Å²) in [6.07, 6.45) is -6.39. The summed E-state index contributed by atoms with van der Waals surface area (Å²) in [5.74, 6) is -4.54. The van der Waals surface area contributed by atoms with Crippen LogP contribution in [0.3, 0.4) is 0 Å². The molecule has 38 heavy (non-hydrogen) atoms. The highest BCUT2D eigenvalue weighted by Gasteiger charge is 2.38. The van der Waals surface area contributed by atoms with Crippen molar-refractivity contribution in [1.29, 1.82) is 0 Å². The van der Waals surface area contributed by atoms with Gasteiger partial charge in [-0.05, 0) is 50.6 Å². The maximum atomic E-state index is 15.0. The minimum Gasteiger partial charge on any atom is -0.444 e. The number of nitrogens with zero attached hydrogens (tertiary/aromatic N) is 1. The maximum absolute atomic E-state index is 15.0. The average molecular weight is 575 g/mol. The zero-order chi connectivity index (χ0) is 28.4. The number of anilines is 1. The molecule has 0 aromatic heterocycles. The number of ether oxygens (including phenoxy) is 1. The van der Waals surface area contributed by atoms with Gasteiger partial charge in [-0.1, -0.05) is 30.7 Å². The van der Waals surface area contributed by atoms with Crippen LogP contribution in [0.5, 0.6) is 0 Å². The molecule has 0 unspecified atom stereocenters. The van der Waals surface area contributed by atoms with Gasteiger partial charge in [-0.15, -0.1) is 11.8 Å². The standard InChI is InChI=1S/C26H27ClF4N2O4S/c1-14(26(29,30)31)9-21(34)17-10-20-22(11-18(17)28)38-13-19(32-24(36)37-25(2,3)4)23(35)33(20)12-15-5-7-16(27)8-6-15/h5-8,10-11,14,19H,9,12-13H2,1-4H3,(H,32,36)/t14-,19+/m1/s1. The number of benzene rings is 2. The van der Waals surface area contributed by atoms with Crippen LogP contribution in [0.25, 0.3) is 0 Å². The number of ketones is 1. The molecule has 1 aliphatic rings. The fourth-order valence-electron chi connectivity index (χ4n) is 3.63. The van der Waals surface area contributed by atoms with E-state index in [1.165, 1.54) is 4.90 Å². The van der Waals surface area contributed by atoms with E-state index in [2.05, 4.69) is 5.32 Å². The number of Topliss-reactive ketones (excluding diaryl/α,β-unsaturated/α-hetero) is 1. The van der Waals surface area contributed by atoms with Crippen molar-refractivity contribution in [1.82, 2.24) is 5.32 Å². The molecule has 2 aromatic rings. The monoisotopic (exact) mass is 574 g/mol. The topological polar surface area (TPSA) is 75.7 Å². The summed E-state index contributed by atoms with van der Waals surface area (Å²) < 4.78 is 59.3. The lowest BCUT2D eigenvalue weighted by molar-refractivity contribution is -0.168. The Morgan fingerprint density at radius 2 is 1.82 bits per heavy atom. The van der Waals surface area contributed by atoms with Crippen molar-refractivity contribution < 1.29 is 36.7 Å². The van der Waals surface area contributed by atoms with Crippen LogP contribution < -0.4 is 10.2 Å². The van der Waals surface area contributed by atoms with Crippen LogP contribution in [0.1, 0.15) is 50.0 Å². The van der Waals surface area contributed by atoms with Crippen LogP contribution in [0.4, 0.5) is 28.0 Å². The quantitative estimate of drug-likeness (QED) is 0.304. The van der Waals surface area contributed by atoms with Gasteiger partial charge in [-0.3, -0.25) is 9.59 Å². The number of carbonyl (C=O) groups excluding carboxylic acids is 3. The lowest BCUT2D eigenvalue weighted by atomic mass is 9.98. The third-order valence-electron chi connectivity index (χ3n) is 5.60. The molecule has 2 atom stereocenters. The summed E-state index contributed by atoms with van der Waals surface area (Å²) in [7, 11) is 0. The fourth-order valence-corrected chi connectivity index (χ4v) is 4.83. The summed E-state index contributed by atoms with van der Waals surface area (Å²) in [4.78, 5) is 40.3. The van der Waals surface area contributed by atoms with Gasteiger partial charge < -0.3 is 15.0 Å². The number of alkyl halides is 3. The normalized spacial score (nSPS) is 16.9. The van der Waals surface area contributed by atoms with Gasteiger partial charge in [0.05, 0.1) is 23.7 Å². The fraction of sp³-hybridized carbons (Fsp3) is 0.423. The largest absolute Gasteiger partial charge is 0.444 e. The van der Waals surface area contributed by atoms with Crippen LogP contribution in [0.15, 0.2) is 41.3 Å². The Hall–Kier alpha value is -2.79. The Kier molecular flexibility index (Phi) is 9.03. The summed E-state index contributed by atoms with van der Waals surface area (Å²) in [6.45, 7) is 5.81. The number of rotatable bonds is 6. The zero-order valence-electron chi connectivity index (χ0n) is 21.1. The smallest absolute Gasteiger partial charge is 0.408 e. The molecule has 1 aliphatic heterocycles. The number of halogens is 5. The third kappa shape index (κ3) is 7.63. The Labute approximate surface area is 227 Å². The predicted octanol–water partition coefficient (Wildman–Crippen LogP) is 6.78. The second kappa shape index (κ2) is 11.5. The van der Waals surface area contributed by atoms with Crippen LogP contribution in [-0.2, 0) is 16.1 Å². The number of carbonyl (C=O) groups is 3. The number of alkyl carbamates (subject to hydrolysis) is 1. The summed E-state index contributed by atoms with van der Waals surface area (Å²) in [6, 6.07) is 7.64. The molecule has 2 aromatic carbocycles. The van der Waals surface area contributed by atoms with Crippen molar-refractivity contribution in [2.75, 3.05) is 10.7 Å². The maximum Gasteiger partial charge on any atom is 0.408 e. The highest BCUT2D eigenvalue weighted by Crippen LogP contribution is 2.38. The van der Waals surface area contributed by atoms with Crippen molar-refractivity contribution in [3.63, 3.8) is 0 Å². The van der Waals surface area contributed by atoms with Crippen molar-refractivity contribution in [3.8, 4) is 0 Å². The molecule has 1 heterocycles. The van der Waals surface area contributed by atoms with Gasteiger partial charge in [0.25, 0.3) is 5.91 Å². The first-order chi connectivity index (χ1) is 17.5. The molecule has 1 N–H and O–H groups in total. The Morgan fingerprint density at radius 3 is 2.39 bits per heavy atom. The molecule has 0 saturated heterocycles. The van der Waals surface area contributed by atoms with Crippen LogP contribution >= 0.6 is 23.4 Å². The van der Waals surface area contributed by atoms with Crippen LogP contribution in [-0.4, -0.2) is 41.4 Å². The van der Waals surface area contributed by atoms with Gasteiger partial charge >= 0.3 is 12.3 Å². The Bertz CT molecular complexity index is 1220. The lowest BCUT2D eigenvalue weighted by Crippen LogP contribution is -2.50. The van der Waals surface area contributed by atoms with Gasteiger partial charge in [0, 0.05) is 22.1 Å². The van der Waals surface area contributed by atoms with E-state index in [-0.39, 0.29) is 18.0 Å². The average Bonchev–Trinajstić information content (AvgIpc) is 2.90. The SMILES string of the molecule is C[C@H](CC(=O)c1cc2c(cc1F)SC[C@H](NC(=O)OC(C)(C)C)C(=O)N2Cc1ccc(Cl)cc1)C(F)(F)F. The van der Waals surface area contributed by atoms with Crippen LogP contribution in [0.2, 0.25) is 5.02 Å². The molecule has 3 rings (SSSR count). The number of fused-ring (bicyclic) bond motifs is 1. The Morgan fingerprint density at radius 1 is 1.18 bits per heavy atom. The molecule has 0 spiro atoms. The highest BCUT2D eigenvalue weighted by molar-refractivity contribution is 7.99. The second-order valence-electron chi connectivity index (χ2n) is 9.93. The van der Waals surface area contributed by atoms with Gasteiger partial charge in [-0.25, -0.2) is 9.18 Å². The summed E-state index contributed by atoms with van der Waals surface area (Å²) in [5, 5.41) is 3.00. The van der Waals surface area contributed by atoms with Crippen molar-refractivity contribution in [3.05, 3.63) is 58.4 Å². The number of amides is 2. The first-order valence-electron chi connectivity index (χ1n) is 11.7. The molecular weight excluding hydrogens is 548 g/mol. The van der Waals surface area contributed by atoms with E-state index in [0.717, 1.165) is 30.8 Å². The van der Waals surface area contributed by atoms with E-state index in [9.17, 15) is 31.9 Å². The predicted molar refractivity (Wildman–Crippen MR) is 137 cm³/mol. The van der Waals surface area contributed by atoms with E-state index in [0.29, 0.717) is 15.5 Å². The molecule has 206 valence electrons. The van der Waals surface area contributed by atoms with Crippen LogP contribution in [0, 0.1) is 11.7 Å². The number of nitrogens with one attached hydrogen (secondary N) is 1. The molecule has 0 bridgehead atoms. The Balaban J connectivity index is 2.01. The first kappa shape index (κ1) is 29.8. The second-order valence-corrected chi connectivity index (χ2v) is 11.4. The molecule has 6 nitrogen and oxygen atoms in total. The van der Waals surface area contributed by atoms with Crippen molar-refractivity contribution in [2.45, 2.75) is 63.4 Å². The number of hydrogen-bond donors (Lipinski definition) is 1. The van der Waals surface area contributed by atoms with Gasteiger partial charge in [0.15, 0.2) is 5.78 Å². The lowest BCUT2D eigenvalue weighted by Gasteiger charge is -2.27. The van der Waals surface area contributed by atoms with Crippen molar-refractivity contribution >= 4 is 46.8 Å². The van der Waals surface area contributed by atoms with E-state index < -0.39 is 59.3 Å². The highest BCUT2D eigenvalue weighted by atomic mass is 35.5. The summed E-state index contributed by atoms with van der Waals surface area (Å²) in [5.41, 5.74) is -0.580. The zero-order valence-corrected chi connectivity index (χ0v) is 22.7. The molecular formula is C26H27ClF4N2O4S. The van der Waals surface area contributed by atoms with E-state index >= 15 is 0 Å².